The van der Waals surface area contributed by atoms with Crippen molar-refractivity contribution in [3.05, 3.63) is 0 Å². The van der Waals surface area contributed by atoms with Crippen LogP contribution in [0, 0.1) is 0 Å². The van der Waals surface area contributed by atoms with E-state index >= 15 is 0 Å². The van der Waals surface area contributed by atoms with Gasteiger partial charge in [0.25, 0.3) is 0 Å². The summed E-state index contributed by atoms with van der Waals surface area (Å²) in [6.45, 7) is 0.0581. The Kier molecular flexibility index (Phi) is 4.97. The second-order valence-corrected chi connectivity index (χ2v) is 2.13. The van der Waals surface area contributed by atoms with Gasteiger partial charge in [-0.1, -0.05) is 0 Å². The van der Waals surface area contributed by atoms with Gasteiger partial charge >= 0.3 is 0 Å². The minimum atomic E-state index is -1.43. The van der Waals surface area contributed by atoms with E-state index in [1.54, 1.807) is 0 Å². The van der Waals surface area contributed by atoms with Gasteiger partial charge in [-0.05, 0) is 0 Å². The normalized spacial score (nSPS) is 18.9. The maximum absolute atomic E-state index is 9.98. The third kappa shape index (κ3) is 2.94. The van der Waals surface area contributed by atoms with Gasteiger partial charge in [-0.2, -0.15) is 0 Å². The summed E-state index contributed by atoms with van der Waals surface area (Å²) in [5, 5.41) is 17.9. The summed E-state index contributed by atoms with van der Waals surface area (Å²) < 4.78 is 4.69. The average molecular weight is 163 g/mol. The van der Waals surface area contributed by atoms with E-state index in [2.05, 4.69) is 0 Å². The Morgan fingerprint density at radius 2 is 2.18 bits per heavy atom. The molecule has 0 radical (unpaired) electrons. The van der Waals surface area contributed by atoms with Crippen LogP contribution in [0.5, 0.6) is 0 Å². The number of aldehydes is 1. The van der Waals surface area contributed by atoms with Gasteiger partial charge in [0, 0.05) is 13.7 Å². The fourth-order valence-electron chi connectivity index (χ4n) is 0.675. The molecular formula is C6H13NO4. The molecule has 0 aromatic rings. The van der Waals surface area contributed by atoms with Crippen LogP contribution in [0.4, 0.5) is 0 Å². The van der Waals surface area contributed by atoms with Crippen molar-refractivity contribution in [1.29, 1.82) is 0 Å². The second kappa shape index (κ2) is 5.20. The largest absolute Gasteiger partial charge is 0.387 e. The van der Waals surface area contributed by atoms with Crippen LogP contribution in [-0.2, 0) is 9.53 Å². The lowest BCUT2D eigenvalue weighted by atomic mass is 10.1. The van der Waals surface area contributed by atoms with Crippen molar-refractivity contribution in [2.45, 2.75) is 18.3 Å². The summed E-state index contributed by atoms with van der Waals surface area (Å²) in [5.41, 5.74) is 5.16. The highest BCUT2D eigenvalue weighted by molar-refractivity contribution is 5.56. The molecule has 0 amide bonds. The molecule has 3 atom stereocenters. The van der Waals surface area contributed by atoms with Gasteiger partial charge in [0.15, 0.2) is 6.29 Å². The second-order valence-electron chi connectivity index (χ2n) is 2.13. The molecule has 0 aliphatic rings. The Bertz CT molecular complexity index is 115. The number of nitrogens with two attached hydrogens (primary N) is 1. The lowest BCUT2D eigenvalue weighted by molar-refractivity contribution is -0.127. The number of hydrogen-bond acceptors (Lipinski definition) is 5. The molecule has 0 aromatic carbocycles. The minimum absolute atomic E-state index is 0.0581. The van der Waals surface area contributed by atoms with E-state index in [9.17, 15) is 4.79 Å². The third-order valence-electron chi connectivity index (χ3n) is 1.41. The number of aliphatic hydroxyl groups excluding tert-OH is 2. The van der Waals surface area contributed by atoms with E-state index in [-0.39, 0.29) is 12.8 Å². The van der Waals surface area contributed by atoms with Crippen LogP contribution in [0.15, 0.2) is 0 Å². The Balaban J connectivity index is 3.95. The fraction of sp³-hybridized carbons (Fsp3) is 0.833. The number of hydrogen-bond donors (Lipinski definition) is 3. The predicted molar refractivity (Wildman–Crippen MR) is 37.9 cm³/mol. The smallest absolute Gasteiger partial charge is 0.151 e. The van der Waals surface area contributed by atoms with Gasteiger partial charge in [0.1, 0.15) is 12.2 Å². The molecule has 5 nitrogen and oxygen atoms in total. The van der Waals surface area contributed by atoms with Crippen molar-refractivity contribution < 1.29 is 19.7 Å². The Morgan fingerprint density at radius 1 is 1.64 bits per heavy atom. The van der Waals surface area contributed by atoms with E-state index in [0.717, 1.165) is 0 Å². The monoisotopic (exact) mass is 163 g/mol. The molecule has 3 unspecified atom stereocenters. The van der Waals surface area contributed by atoms with Crippen LogP contribution >= 0.6 is 0 Å². The standard InChI is InChI=1S/C6H13NO4/c1-11-5(2-7)6(10)4(9)3-8/h3-6,9-10H,2,7H2,1H3. The quantitative estimate of drug-likeness (QED) is 0.403. The molecule has 0 heterocycles. The highest BCUT2D eigenvalue weighted by Gasteiger charge is 2.24. The summed E-state index contributed by atoms with van der Waals surface area (Å²) in [6, 6.07) is 0. The highest BCUT2D eigenvalue weighted by atomic mass is 16.5. The molecule has 4 N–H and O–H groups in total. The molecule has 0 fully saturated rings. The molecule has 0 rings (SSSR count). The Hall–Kier alpha value is -0.490. The maximum atomic E-state index is 9.98. The minimum Gasteiger partial charge on any atom is -0.387 e. The zero-order chi connectivity index (χ0) is 8.85. The topological polar surface area (TPSA) is 92.8 Å². The van der Waals surface area contributed by atoms with Crippen molar-refractivity contribution in [2.24, 2.45) is 5.73 Å². The van der Waals surface area contributed by atoms with Crippen LogP contribution < -0.4 is 5.73 Å². The summed E-state index contributed by atoms with van der Waals surface area (Å²) in [4.78, 5) is 9.98. The molecule has 0 spiro atoms. The predicted octanol–water partition coefficient (Wildman–Crippen LogP) is -2.12. The van der Waals surface area contributed by atoms with Crippen molar-refractivity contribution in [3.63, 3.8) is 0 Å². The molecule has 0 bridgehead atoms. The number of methoxy groups -OCH3 is 1. The molecule has 0 aliphatic carbocycles. The van der Waals surface area contributed by atoms with E-state index in [1.165, 1.54) is 7.11 Å². The third-order valence-corrected chi connectivity index (χ3v) is 1.41. The van der Waals surface area contributed by atoms with Crippen LogP contribution in [0.25, 0.3) is 0 Å². The highest BCUT2D eigenvalue weighted by Crippen LogP contribution is 2.00. The lowest BCUT2D eigenvalue weighted by Gasteiger charge is -2.20. The van der Waals surface area contributed by atoms with E-state index in [4.69, 9.17) is 20.7 Å². The van der Waals surface area contributed by atoms with E-state index in [0.29, 0.717) is 0 Å². The van der Waals surface area contributed by atoms with Crippen molar-refractivity contribution in [1.82, 2.24) is 0 Å². The van der Waals surface area contributed by atoms with Crippen molar-refractivity contribution >= 4 is 6.29 Å². The summed E-state index contributed by atoms with van der Waals surface area (Å²) >= 11 is 0. The number of ether oxygens (including phenoxy) is 1. The Morgan fingerprint density at radius 3 is 2.45 bits per heavy atom. The van der Waals surface area contributed by atoms with E-state index < -0.39 is 18.3 Å². The van der Waals surface area contributed by atoms with Gasteiger partial charge in [-0.15, -0.1) is 0 Å². The maximum Gasteiger partial charge on any atom is 0.151 e. The van der Waals surface area contributed by atoms with Crippen LogP contribution in [-0.4, -0.2) is 48.5 Å². The number of carbonyl (C=O) groups excluding carboxylic acids is 1. The molecular weight excluding hydrogens is 150 g/mol. The fourth-order valence-corrected chi connectivity index (χ4v) is 0.675. The summed E-state index contributed by atoms with van der Waals surface area (Å²) in [7, 11) is 1.35. The number of aliphatic hydroxyl groups is 2. The van der Waals surface area contributed by atoms with Gasteiger partial charge in [0.2, 0.25) is 0 Å². The van der Waals surface area contributed by atoms with Gasteiger partial charge in [-0.3, -0.25) is 0 Å². The van der Waals surface area contributed by atoms with Crippen molar-refractivity contribution in [3.8, 4) is 0 Å². The molecule has 0 saturated heterocycles. The SMILES string of the molecule is COC(CN)C(O)C(O)C=O. The first kappa shape index (κ1) is 10.5. The average Bonchev–Trinajstić information content (AvgIpc) is 2.05. The van der Waals surface area contributed by atoms with Gasteiger partial charge < -0.3 is 25.5 Å². The first-order valence-corrected chi connectivity index (χ1v) is 3.21. The molecule has 0 saturated carbocycles. The molecule has 0 aliphatic heterocycles. The molecule has 5 heteroatoms. The van der Waals surface area contributed by atoms with Crippen LogP contribution in [0.3, 0.4) is 0 Å². The molecule has 0 aromatic heterocycles. The molecule has 66 valence electrons. The zero-order valence-corrected chi connectivity index (χ0v) is 6.30. The van der Waals surface area contributed by atoms with Gasteiger partial charge in [-0.25, -0.2) is 0 Å². The first-order chi connectivity index (χ1) is 5.17. The summed E-state index contributed by atoms with van der Waals surface area (Å²) in [6.07, 6.45) is -3.13. The van der Waals surface area contributed by atoms with E-state index in [1.807, 2.05) is 0 Å². The zero-order valence-electron chi connectivity index (χ0n) is 6.30. The van der Waals surface area contributed by atoms with Gasteiger partial charge in [0.05, 0.1) is 6.10 Å². The van der Waals surface area contributed by atoms with Crippen LogP contribution in [0.2, 0.25) is 0 Å². The van der Waals surface area contributed by atoms with Crippen molar-refractivity contribution in [2.75, 3.05) is 13.7 Å². The van der Waals surface area contributed by atoms with Crippen LogP contribution in [0.1, 0.15) is 0 Å². The molecule has 11 heavy (non-hydrogen) atoms. The summed E-state index contributed by atoms with van der Waals surface area (Å²) in [5.74, 6) is 0. The Labute approximate surface area is 64.8 Å². The lowest BCUT2D eigenvalue weighted by Crippen LogP contribution is -2.43. The first-order valence-electron chi connectivity index (χ1n) is 3.21. The number of rotatable bonds is 5. The number of carbonyl (C=O) groups is 1.